The van der Waals surface area contributed by atoms with Gasteiger partial charge in [0.15, 0.2) is 0 Å². The van der Waals surface area contributed by atoms with E-state index in [9.17, 15) is 0 Å². The van der Waals surface area contributed by atoms with Crippen LogP contribution in [0.2, 0.25) is 0 Å². The van der Waals surface area contributed by atoms with Crippen LogP contribution >= 0.6 is 0 Å². The predicted molar refractivity (Wildman–Crippen MR) is 67.2 cm³/mol. The lowest BCUT2D eigenvalue weighted by atomic mass is 9.97. The molecule has 0 bridgehead atoms. The summed E-state index contributed by atoms with van der Waals surface area (Å²) in [4.78, 5) is 4.91. The average molecular weight is 223 g/mol. The van der Waals surface area contributed by atoms with Gasteiger partial charge in [-0.15, -0.1) is 0 Å². The van der Waals surface area contributed by atoms with Crippen LogP contribution in [-0.2, 0) is 0 Å². The van der Waals surface area contributed by atoms with Crippen molar-refractivity contribution in [3.63, 3.8) is 0 Å². The topological polar surface area (TPSA) is 30.3 Å². The quantitative estimate of drug-likeness (QED) is 0.734. The summed E-state index contributed by atoms with van der Waals surface area (Å²) < 4.78 is 0. The number of nitrogens with zero attached hydrogens (tertiary/aromatic N) is 3. The zero-order valence-corrected chi connectivity index (χ0v) is 11.2. The molecule has 3 nitrogen and oxygen atoms in total. The van der Waals surface area contributed by atoms with Crippen molar-refractivity contribution in [2.24, 2.45) is 0 Å². The van der Waals surface area contributed by atoms with E-state index in [2.05, 4.69) is 43.7 Å². The standard InChI is InChI=1S/C13H25N3/c1-13(2,3)16-10-6-12(7-11-16)15(4)9-5-8-14/h12H,5-7,9-11H2,1-4H3. The Hall–Kier alpha value is -0.590. The Kier molecular flexibility index (Phi) is 4.76. The molecule has 3 heteroatoms. The van der Waals surface area contributed by atoms with Crippen LogP contribution in [0.15, 0.2) is 0 Å². The van der Waals surface area contributed by atoms with Crippen LogP contribution in [0.25, 0.3) is 0 Å². The van der Waals surface area contributed by atoms with Crippen LogP contribution in [0.5, 0.6) is 0 Å². The second-order valence-corrected chi connectivity index (χ2v) is 5.78. The number of nitriles is 1. The number of hydrogen-bond donors (Lipinski definition) is 0. The van der Waals surface area contributed by atoms with Gasteiger partial charge in [0.1, 0.15) is 0 Å². The molecule has 1 aliphatic rings. The zero-order chi connectivity index (χ0) is 12.2. The molecule has 0 aromatic rings. The molecular formula is C13H25N3. The van der Waals surface area contributed by atoms with E-state index in [1.54, 1.807) is 0 Å². The molecule has 0 N–H and O–H groups in total. The van der Waals surface area contributed by atoms with Gasteiger partial charge in [-0.1, -0.05) is 0 Å². The molecule has 1 heterocycles. The van der Waals surface area contributed by atoms with Gasteiger partial charge in [-0.25, -0.2) is 0 Å². The SMILES string of the molecule is CN(CCC#N)C1CCN(C(C)(C)C)CC1. The molecule has 16 heavy (non-hydrogen) atoms. The third kappa shape index (κ3) is 3.77. The Morgan fingerprint density at radius 3 is 2.31 bits per heavy atom. The summed E-state index contributed by atoms with van der Waals surface area (Å²) in [5, 5.41) is 8.58. The van der Waals surface area contributed by atoms with Crippen LogP contribution in [0.4, 0.5) is 0 Å². The summed E-state index contributed by atoms with van der Waals surface area (Å²) in [6, 6.07) is 2.89. The molecule has 0 saturated carbocycles. The van der Waals surface area contributed by atoms with E-state index in [4.69, 9.17) is 5.26 Å². The van der Waals surface area contributed by atoms with Crippen LogP contribution < -0.4 is 0 Å². The van der Waals surface area contributed by atoms with E-state index in [1.807, 2.05) is 0 Å². The number of hydrogen-bond acceptors (Lipinski definition) is 3. The van der Waals surface area contributed by atoms with Gasteiger partial charge in [-0.3, -0.25) is 4.90 Å². The zero-order valence-electron chi connectivity index (χ0n) is 11.2. The smallest absolute Gasteiger partial charge is 0.0635 e. The first-order valence-electron chi connectivity index (χ1n) is 6.27. The Labute approximate surface area is 100 Å². The summed E-state index contributed by atoms with van der Waals surface area (Å²) >= 11 is 0. The van der Waals surface area contributed by atoms with E-state index in [1.165, 1.54) is 25.9 Å². The molecule has 0 atom stereocenters. The van der Waals surface area contributed by atoms with Gasteiger partial charge in [0.2, 0.25) is 0 Å². The van der Waals surface area contributed by atoms with E-state index < -0.39 is 0 Å². The fourth-order valence-electron chi connectivity index (χ4n) is 2.39. The van der Waals surface area contributed by atoms with Crippen molar-refractivity contribution in [3.05, 3.63) is 0 Å². The lowest BCUT2D eigenvalue weighted by molar-refractivity contribution is 0.0662. The largest absolute Gasteiger partial charge is 0.302 e. The summed E-state index contributed by atoms with van der Waals surface area (Å²) in [6.07, 6.45) is 3.12. The molecule has 1 saturated heterocycles. The normalized spacial score (nSPS) is 20.0. The molecule has 0 spiro atoms. The molecule has 1 aliphatic heterocycles. The second kappa shape index (κ2) is 5.65. The minimum atomic E-state index is 0.302. The third-order valence-corrected chi connectivity index (χ3v) is 3.61. The molecule has 0 unspecified atom stereocenters. The molecule has 0 amide bonds. The summed E-state index contributed by atoms with van der Waals surface area (Å²) in [5.74, 6) is 0. The monoisotopic (exact) mass is 223 g/mol. The fraction of sp³-hybridized carbons (Fsp3) is 0.923. The Balaban J connectivity index is 2.35. The average Bonchev–Trinajstić information content (AvgIpc) is 2.25. The fourth-order valence-corrected chi connectivity index (χ4v) is 2.39. The Morgan fingerprint density at radius 1 is 1.31 bits per heavy atom. The first kappa shape index (κ1) is 13.5. The van der Waals surface area contributed by atoms with Gasteiger partial charge in [-0.2, -0.15) is 5.26 Å². The third-order valence-electron chi connectivity index (χ3n) is 3.61. The van der Waals surface area contributed by atoms with Crippen molar-refractivity contribution in [1.82, 2.24) is 9.80 Å². The van der Waals surface area contributed by atoms with Crippen molar-refractivity contribution >= 4 is 0 Å². The van der Waals surface area contributed by atoms with Gasteiger partial charge in [0.25, 0.3) is 0 Å². The summed E-state index contributed by atoms with van der Waals surface area (Å²) in [7, 11) is 2.15. The van der Waals surface area contributed by atoms with Crippen molar-refractivity contribution in [2.75, 3.05) is 26.7 Å². The molecule has 92 valence electrons. The summed E-state index contributed by atoms with van der Waals surface area (Å²) in [6.45, 7) is 10.1. The highest BCUT2D eigenvalue weighted by Gasteiger charge is 2.28. The van der Waals surface area contributed by atoms with Crippen molar-refractivity contribution < 1.29 is 0 Å². The second-order valence-electron chi connectivity index (χ2n) is 5.78. The van der Waals surface area contributed by atoms with Crippen molar-refractivity contribution in [2.45, 2.75) is 51.6 Å². The van der Waals surface area contributed by atoms with Crippen molar-refractivity contribution in [3.8, 4) is 6.07 Å². The number of piperidine rings is 1. The summed E-state index contributed by atoms with van der Waals surface area (Å²) in [5.41, 5.74) is 0.302. The maximum atomic E-state index is 8.58. The molecule has 0 aromatic heterocycles. The van der Waals surface area contributed by atoms with Crippen LogP contribution in [0.1, 0.15) is 40.0 Å². The lowest BCUT2D eigenvalue weighted by Gasteiger charge is -2.43. The molecule has 0 radical (unpaired) electrons. The van der Waals surface area contributed by atoms with E-state index in [0.29, 0.717) is 18.0 Å². The van der Waals surface area contributed by atoms with Gasteiger partial charge < -0.3 is 4.90 Å². The Bertz CT molecular complexity index is 241. The molecule has 1 fully saturated rings. The van der Waals surface area contributed by atoms with Crippen molar-refractivity contribution in [1.29, 1.82) is 5.26 Å². The Morgan fingerprint density at radius 2 is 1.88 bits per heavy atom. The molecule has 0 aromatic carbocycles. The van der Waals surface area contributed by atoms with Gasteiger partial charge in [0.05, 0.1) is 6.07 Å². The molecule has 1 rings (SSSR count). The highest BCUT2D eigenvalue weighted by atomic mass is 15.2. The van der Waals surface area contributed by atoms with E-state index in [-0.39, 0.29) is 0 Å². The molecular weight excluding hydrogens is 198 g/mol. The minimum Gasteiger partial charge on any atom is -0.302 e. The predicted octanol–water partition coefficient (Wildman–Crippen LogP) is 2.09. The van der Waals surface area contributed by atoms with Crippen LogP contribution in [0, 0.1) is 11.3 Å². The highest BCUT2D eigenvalue weighted by Crippen LogP contribution is 2.22. The first-order chi connectivity index (χ1) is 7.45. The highest BCUT2D eigenvalue weighted by molar-refractivity contribution is 4.85. The van der Waals surface area contributed by atoms with E-state index in [0.717, 1.165) is 6.54 Å². The van der Waals surface area contributed by atoms with Gasteiger partial charge in [0, 0.05) is 37.6 Å². The maximum absolute atomic E-state index is 8.58. The van der Waals surface area contributed by atoms with Crippen LogP contribution in [0.3, 0.4) is 0 Å². The maximum Gasteiger partial charge on any atom is 0.0635 e. The lowest BCUT2D eigenvalue weighted by Crippen LogP contribution is -2.50. The first-order valence-corrected chi connectivity index (χ1v) is 6.27. The van der Waals surface area contributed by atoms with Crippen LogP contribution in [-0.4, -0.2) is 48.1 Å². The molecule has 0 aliphatic carbocycles. The van der Waals surface area contributed by atoms with E-state index >= 15 is 0 Å². The van der Waals surface area contributed by atoms with Gasteiger partial charge in [-0.05, 0) is 40.7 Å². The minimum absolute atomic E-state index is 0.302. The van der Waals surface area contributed by atoms with Gasteiger partial charge >= 0.3 is 0 Å². The number of likely N-dealkylation sites (tertiary alicyclic amines) is 1. The number of rotatable bonds is 3.